The van der Waals surface area contributed by atoms with Crippen LogP contribution in [0.25, 0.3) is 0 Å². The van der Waals surface area contributed by atoms with E-state index >= 15 is 0 Å². The van der Waals surface area contributed by atoms with Gasteiger partial charge in [-0.25, -0.2) is 4.79 Å². The number of allylic oxidation sites excluding steroid dienone is 2. The van der Waals surface area contributed by atoms with E-state index in [1.807, 2.05) is 32.9 Å². The maximum Gasteiger partial charge on any atom is 0.330 e. The molecule has 0 heterocycles. The molecule has 8 nitrogen and oxygen atoms in total. The molecular weight excluding hydrogens is 378 g/mol. The van der Waals surface area contributed by atoms with Crippen molar-refractivity contribution in [2.75, 3.05) is 13.2 Å². The molecule has 1 aromatic rings. The number of unbranched alkanes of at least 4 members (excludes halogenated alkanes) is 1. The van der Waals surface area contributed by atoms with E-state index < -0.39 is 37.0 Å². The maximum absolute atomic E-state index is 11.9. The molecule has 0 spiro atoms. The van der Waals surface area contributed by atoms with E-state index in [0.717, 1.165) is 6.42 Å². The Balaban J connectivity index is 0.00000379. The number of benzene rings is 1. The first kappa shape index (κ1) is 26.3. The van der Waals surface area contributed by atoms with Gasteiger partial charge in [0.1, 0.15) is 5.75 Å². The van der Waals surface area contributed by atoms with Crippen molar-refractivity contribution in [1.29, 1.82) is 0 Å². The molecule has 1 unspecified atom stereocenters. The molecule has 0 fully saturated rings. The normalized spacial score (nSPS) is 11.5. The Labute approximate surface area is 171 Å². The quantitative estimate of drug-likeness (QED) is 0.191. The van der Waals surface area contributed by atoms with Crippen LogP contribution in [0.1, 0.15) is 51.6 Å². The second kappa shape index (κ2) is 15.2. The van der Waals surface area contributed by atoms with Crippen molar-refractivity contribution in [2.45, 2.75) is 46.1 Å². The first-order chi connectivity index (χ1) is 13.9. The van der Waals surface area contributed by atoms with Gasteiger partial charge in [0.2, 0.25) is 5.91 Å². The molecule has 29 heavy (non-hydrogen) atoms. The number of carboxylic acid groups (broad SMARTS) is 1. The molecule has 0 aliphatic rings. The fraction of sp³-hybridized carbons (Fsp3) is 0.476. The first-order valence-electron chi connectivity index (χ1n) is 9.59. The summed E-state index contributed by atoms with van der Waals surface area (Å²) in [6.45, 7) is 4.70. The molecular formula is C21H31NO7. The van der Waals surface area contributed by atoms with Gasteiger partial charge < -0.3 is 25.4 Å². The van der Waals surface area contributed by atoms with Crippen molar-refractivity contribution in [3.63, 3.8) is 0 Å². The van der Waals surface area contributed by atoms with Crippen LogP contribution in [0.15, 0.2) is 36.4 Å². The van der Waals surface area contributed by atoms with Gasteiger partial charge in [-0.1, -0.05) is 38.1 Å². The number of aliphatic carboxylic acids is 1. The number of aliphatic hydroxyl groups is 2. The van der Waals surface area contributed by atoms with E-state index in [1.165, 1.54) is 24.3 Å². The summed E-state index contributed by atoms with van der Waals surface area (Å²) in [4.78, 5) is 35.1. The molecule has 0 aliphatic carbocycles. The van der Waals surface area contributed by atoms with Crippen molar-refractivity contribution in [2.24, 2.45) is 5.92 Å². The molecule has 4 N–H and O–H groups in total. The predicted molar refractivity (Wildman–Crippen MR) is 108 cm³/mol. The number of carbonyl (C=O) groups excluding carboxylic acids is 2. The second-order valence-corrected chi connectivity index (χ2v) is 5.85. The smallest absolute Gasteiger partial charge is 0.330 e. The molecule has 1 rings (SSSR count). The largest absolute Gasteiger partial charge is 0.479 e. The van der Waals surface area contributed by atoms with Gasteiger partial charge in [-0.05, 0) is 37.5 Å². The summed E-state index contributed by atoms with van der Waals surface area (Å²) in [5.74, 6) is -3.29. The fourth-order valence-corrected chi connectivity index (χ4v) is 2.21. The van der Waals surface area contributed by atoms with Gasteiger partial charge in [0.25, 0.3) is 0 Å². The van der Waals surface area contributed by atoms with Gasteiger partial charge in [-0.3, -0.25) is 9.59 Å². The average Bonchev–Trinajstić information content (AvgIpc) is 2.72. The lowest BCUT2D eigenvalue weighted by Crippen LogP contribution is -2.40. The molecule has 1 aromatic carbocycles. The molecule has 1 amide bonds. The third-order valence-corrected chi connectivity index (χ3v) is 3.78. The number of carboxylic acids is 1. The van der Waals surface area contributed by atoms with Crippen LogP contribution in [0.4, 0.5) is 0 Å². The topological polar surface area (TPSA) is 133 Å². The van der Waals surface area contributed by atoms with Gasteiger partial charge in [0.15, 0.2) is 6.04 Å². The lowest BCUT2D eigenvalue weighted by molar-refractivity contribution is -0.143. The summed E-state index contributed by atoms with van der Waals surface area (Å²) in [6, 6.07) is 4.37. The van der Waals surface area contributed by atoms with Crippen molar-refractivity contribution < 1.29 is 34.4 Å². The molecule has 1 atom stereocenters. The molecule has 0 saturated heterocycles. The van der Waals surface area contributed by atoms with E-state index in [9.17, 15) is 19.5 Å². The Bertz CT molecular complexity index is 651. The highest BCUT2D eigenvalue weighted by molar-refractivity contribution is 5.86. The lowest BCUT2D eigenvalue weighted by atomic mass is 10.0. The Hall–Kier alpha value is -2.71. The number of hydrogen-bond acceptors (Lipinski definition) is 6. The Kier molecular flexibility index (Phi) is 13.8. The van der Waals surface area contributed by atoms with E-state index in [1.54, 1.807) is 0 Å². The Morgan fingerprint density at radius 3 is 2.17 bits per heavy atom. The van der Waals surface area contributed by atoms with E-state index in [4.69, 9.17) is 14.9 Å². The fourth-order valence-electron chi connectivity index (χ4n) is 2.21. The molecule has 0 aliphatic heterocycles. The second-order valence-electron chi connectivity index (χ2n) is 5.85. The van der Waals surface area contributed by atoms with Crippen molar-refractivity contribution in [3.8, 4) is 5.75 Å². The predicted octanol–water partition coefficient (Wildman–Crippen LogP) is 2.21. The zero-order valence-corrected chi connectivity index (χ0v) is 17.1. The zero-order valence-electron chi connectivity index (χ0n) is 17.1. The van der Waals surface area contributed by atoms with Crippen LogP contribution in [-0.4, -0.2) is 46.4 Å². The van der Waals surface area contributed by atoms with E-state index in [0.29, 0.717) is 6.42 Å². The maximum atomic E-state index is 11.9. The van der Waals surface area contributed by atoms with Crippen LogP contribution in [0.5, 0.6) is 5.75 Å². The van der Waals surface area contributed by atoms with Crippen LogP contribution in [-0.2, 0) is 14.4 Å². The van der Waals surface area contributed by atoms with Crippen LogP contribution in [0.3, 0.4) is 0 Å². The van der Waals surface area contributed by atoms with E-state index in [2.05, 4.69) is 5.32 Å². The minimum Gasteiger partial charge on any atom is -0.479 e. The number of aliphatic hydroxyl groups excluding tert-OH is 2. The van der Waals surface area contributed by atoms with Crippen LogP contribution in [0, 0.1) is 5.92 Å². The Morgan fingerprint density at radius 1 is 1.10 bits per heavy atom. The monoisotopic (exact) mass is 409 g/mol. The van der Waals surface area contributed by atoms with Crippen LogP contribution >= 0.6 is 0 Å². The van der Waals surface area contributed by atoms with Crippen LogP contribution in [0.2, 0.25) is 0 Å². The summed E-state index contributed by atoms with van der Waals surface area (Å²) in [7, 11) is 0. The number of hydrogen-bond donors (Lipinski definition) is 4. The minimum absolute atomic E-state index is 0.262. The number of nitrogens with one attached hydrogen (secondary N) is 1. The van der Waals surface area contributed by atoms with Gasteiger partial charge in [-0.15, -0.1) is 0 Å². The molecule has 0 aromatic heterocycles. The molecule has 0 bridgehead atoms. The summed E-state index contributed by atoms with van der Waals surface area (Å²) in [5.41, 5.74) is 0.262. The van der Waals surface area contributed by atoms with Crippen LogP contribution < -0.4 is 10.1 Å². The SMILES string of the molecule is C/C=C\CCCC(=O)Oc1ccc(C(NC(=O)C(CO)CO)C(=O)O)cc1.CC. The highest BCUT2D eigenvalue weighted by atomic mass is 16.5. The standard InChI is InChI=1S/C19H25NO7.C2H6/c1-2-3-4-5-6-16(23)27-15-9-7-13(8-10-15)17(19(25)26)20-18(24)14(11-21)12-22;1-2/h2-3,7-10,14,17,21-22H,4-6,11-12H2,1H3,(H,20,24)(H,25,26);1-2H3/b3-2-;. The lowest BCUT2D eigenvalue weighted by Gasteiger charge is -2.18. The number of esters is 1. The van der Waals surface area contributed by atoms with Gasteiger partial charge in [0, 0.05) is 6.42 Å². The summed E-state index contributed by atoms with van der Waals surface area (Å²) in [5, 5.41) is 29.6. The number of rotatable bonds is 11. The first-order valence-corrected chi connectivity index (χ1v) is 9.59. The number of ether oxygens (including phenoxy) is 1. The van der Waals surface area contributed by atoms with Crippen molar-refractivity contribution in [3.05, 3.63) is 42.0 Å². The molecule has 162 valence electrons. The van der Waals surface area contributed by atoms with Gasteiger partial charge in [0.05, 0.1) is 19.1 Å². The minimum atomic E-state index is -1.36. The third kappa shape index (κ3) is 9.87. The average molecular weight is 409 g/mol. The van der Waals surface area contributed by atoms with Gasteiger partial charge >= 0.3 is 11.9 Å². The van der Waals surface area contributed by atoms with Crippen molar-refractivity contribution in [1.82, 2.24) is 5.32 Å². The summed E-state index contributed by atoms with van der Waals surface area (Å²) >= 11 is 0. The number of carbonyl (C=O) groups is 3. The van der Waals surface area contributed by atoms with Gasteiger partial charge in [-0.2, -0.15) is 0 Å². The third-order valence-electron chi connectivity index (χ3n) is 3.78. The van der Waals surface area contributed by atoms with E-state index in [-0.39, 0.29) is 23.7 Å². The molecule has 0 radical (unpaired) electrons. The molecule has 0 saturated carbocycles. The highest BCUT2D eigenvalue weighted by Gasteiger charge is 2.26. The molecule has 8 heteroatoms. The highest BCUT2D eigenvalue weighted by Crippen LogP contribution is 2.19. The number of amides is 1. The van der Waals surface area contributed by atoms with Crippen molar-refractivity contribution >= 4 is 17.8 Å². The zero-order chi connectivity index (χ0) is 22.2. The summed E-state index contributed by atoms with van der Waals surface area (Å²) < 4.78 is 5.18. The summed E-state index contributed by atoms with van der Waals surface area (Å²) in [6.07, 6.45) is 5.59. The Morgan fingerprint density at radius 2 is 1.69 bits per heavy atom.